The first-order chi connectivity index (χ1) is 13.8. The molecule has 3 rings (SSSR count). The lowest BCUT2D eigenvalue weighted by Gasteiger charge is -2.12. The van der Waals surface area contributed by atoms with E-state index in [-0.39, 0.29) is 10.7 Å². The van der Waals surface area contributed by atoms with Crippen molar-refractivity contribution >= 4 is 26.9 Å². The number of carbonyl (C=O) groups excluding carboxylic acids is 1. The van der Waals surface area contributed by atoms with Crippen molar-refractivity contribution in [3.63, 3.8) is 0 Å². The lowest BCUT2D eigenvalue weighted by molar-refractivity contribution is 0.0918. The molecular weight excluding hydrogens is 396 g/mol. The number of hydrogen-bond donors (Lipinski definition) is 2. The maximum absolute atomic E-state index is 12.5. The van der Waals surface area contributed by atoms with Gasteiger partial charge in [-0.1, -0.05) is 18.2 Å². The zero-order chi connectivity index (χ0) is 21.0. The predicted octanol–water partition coefficient (Wildman–Crippen LogP) is 2.70. The number of hydrogen-bond acceptors (Lipinski definition) is 6. The average molecular weight is 418 g/mol. The summed E-state index contributed by atoms with van der Waals surface area (Å²) in [4.78, 5) is 14.5. The molecule has 2 aromatic carbocycles. The molecule has 0 saturated carbocycles. The monoisotopic (exact) mass is 418 g/mol. The van der Waals surface area contributed by atoms with Gasteiger partial charge in [0.1, 0.15) is 17.9 Å². The van der Waals surface area contributed by atoms with Crippen LogP contribution in [0.3, 0.4) is 0 Å². The zero-order valence-corrected chi connectivity index (χ0v) is 17.1. The van der Waals surface area contributed by atoms with E-state index in [1.807, 2.05) is 12.1 Å². The van der Waals surface area contributed by atoms with Crippen LogP contribution in [-0.2, 0) is 14.8 Å². The second kappa shape index (κ2) is 8.64. The Labute approximate surface area is 168 Å². The molecule has 0 atom stereocenters. The van der Waals surface area contributed by atoms with E-state index in [1.165, 1.54) is 12.1 Å². The molecule has 0 unspecified atom stereocenters. The van der Waals surface area contributed by atoms with E-state index >= 15 is 0 Å². The maximum Gasteiger partial charge on any atom is 0.302 e. The summed E-state index contributed by atoms with van der Waals surface area (Å²) in [5.41, 5.74) is 4.02. The average Bonchev–Trinajstić information content (AvgIpc) is 3.04. The van der Waals surface area contributed by atoms with Gasteiger partial charge in [-0.3, -0.25) is 10.2 Å². The normalized spacial score (nSPS) is 11.6. The Bertz CT molecular complexity index is 1140. The SMILES string of the molecule is COCCOc1ccc(S(=O)(=O)NNC(=O)c2oc3ccccc3c2C)cc1C. The molecule has 0 aliphatic carbocycles. The van der Waals surface area contributed by atoms with Crippen LogP contribution in [0.25, 0.3) is 11.0 Å². The third kappa shape index (κ3) is 4.58. The van der Waals surface area contributed by atoms with Gasteiger partial charge in [-0.2, -0.15) is 0 Å². The molecule has 0 saturated heterocycles. The van der Waals surface area contributed by atoms with Crippen LogP contribution in [-0.4, -0.2) is 34.6 Å². The number of methoxy groups -OCH3 is 1. The van der Waals surface area contributed by atoms with Crippen LogP contribution in [0.2, 0.25) is 0 Å². The first kappa shape index (κ1) is 20.8. The fourth-order valence-electron chi connectivity index (χ4n) is 2.81. The van der Waals surface area contributed by atoms with Gasteiger partial charge in [-0.15, -0.1) is 4.83 Å². The summed E-state index contributed by atoms with van der Waals surface area (Å²) in [5.74, 6) is -0.0755. The minimum atomic E-state index is -3.97. The van der Waals surface area contributed by atoms with Crippen LogP contribution < -0.4 is 15.0 Å². The Morgan fingerprint density at radius 2 is 1.86 bits per heavy atom. The van der Waals surface area contributed by atoms with Crippen molar-refractivity contribution in [2.24, 2.45) is 0 Å². The zero-order valence-electron chi connectivity index (χ0n) is 16.3. The van der Waals surface area contributed by atoms with Gasteiger partial charge in [-0.25, -0.2) is 8.42 Å². The Morgan fingerprint density at radius 1 is 1.10 bits per heavy atom. The van der Waals surface area contributed by atoms with E-state index in [1.54, 1.807) is 39.2 Å². The molecular formula is C20H22N2O6S. The lowest BCUT2D eigenvalue weighted by atomic mass is 10.1. The number of carbonyl (C=O) groups is 1. The van der Waals surface area contributed by atoms with E-state index in [0.29, 0.717) is 35.7 Å². The number of aryl methyl sites for hydroxylation is 2. The van der Waals surface area contributed by atoms with E-state index in [9.17, 15) is 13.2 Å². The Morgan fingerprint density at radius 3 is 2.55 bits per heavy atom. The van der Waals surface area contributed by atoms with Crippen molar-refractivity contribution in [2.75, 3.05) is 20.3 Å². The van der Waals surface area contributed by atoms with E-state index in [4.69, 9.17) is 13.9 Å². The second-order valence-corrected chi connectivity index (χ2v) is 8.06. The highest BCUT2D eigenvalue weighted by Gasteiger charge is 2.21. The summed E-state index contributed by atoms with van der Waals surface area (Å²) >= 11 is 0. The molecule has 1 amide bonds. The van der Waals surface area contributed by atoms with Gasteiger partial charge < -0.3 is 13.9 Å². The topological polar surface area (TPSA) is 107 Å². The summed E-state index contributed by atoms with van der Waals surface area (Å²) in [6.07, 6.45) is 0. The molecule has 0 aliphatic heterocycles. The number of rotatable bonds is 8. The number of sulfonamides is 1. The Hall–Kier alpha value is -2.88. The van der Waals surface area contributed by atoms with Crippen molar-refractivity contribution in [3.05, 3.63) is 59.4 Å². The predicted molar refractivity (Wildman–Crippen MR) is 107 cm³/mol. The number of nitrogens with one attached hydrogen (secondary N) is 2. The fraction of sp³-hybridized carbons (Fsp3) is 0.250. The number of para-hydroxylation sites is 1. The van der Waals surface area contributed by atoms with Gasteiger partial charge in [0.15, 0.2) is 5.76 Å². The third-order valence-corrected chi connectivity index (χ3v) is 5.60. The van der Waals surface area contributed by atoms with Crippen molar-refractivity contribution in [2.45, 2.75) is 18.7 Å². The number of ether oxygens (including phenoxy) is 2. The number of hydrazine groups is 1. The van der Waals surface area contributed by atoms with Crippen LogP contribution in [0.4, 0.5) is 0 Å². The molecule has 0 radical (unpaired) electrons. The van der Waals surface area contributed by atoms with Crippen molar-refractivity contribution < 1.29 is 27.1 Å². The molecule has 3 aromatic rings. The molecule has 154 valence electrons. The molecule has 29 heavy (non-hydrogen) atoms. The molecule has 0 spiro atoms. The molecule has 9 heteroatoms. The van der Waals surface area contributed by atoms with Crippen LogP contribution >= 0.6 is 0 Å². The number of furan rings is 1. The van der Waals surface area contributed by atoms with Crippen LogP contribution in [0.15, 0.2) is 51.8 Å². The highest BCUT2D eigenvalue weighted by Crippen LogP contribution is 2.25. The third-order valence-electron chi connectivity index (χ3n) is 4.35. The van der Waals surface area contributed by atoms with Crippen LogP contribution in [0.1, 0.15) is 21.7 Å². The van der Waals surface area contributed by atoms with Crippen molar-refractivity contribution in [3.8, 4) is 5.75 Å². The number of fused-ring (bicyclic) bond motifs is 1. The molecule has 0 bridgehead atoms. The molecule has 0 fully saturated rings. The summed E-state index contributed by atoms with van der Waals surface area (Å²) < 4.78 is 41.0. The van der Waals surface area contributed by atoms with Gasteiger partial charge in [0, 0.05) is 18.1 Å². The minimum absolute atomic E-state index is 0.00396. The fourth-order valence-corrected chi connectivity index (χ4v) is 3.73. The molecule has 1 heterocycles. The first-order valence-electron chi connectivity index (χ1n) is 8.86. The van der Waals surface area contributed by atoms with Crippen molar-refractivity contribution in [1.82, 2.24) is 10.3 Å². The summed E-state index contributed by atoms with van der Waals surface area (Å²) in [5, 5.41) is 0.792. The summed E-state index contributed by atoms with van der Waals surface area (Å²) in [6.45, 7) is 4.25. The standard InChI is InChI=1S/C20H22N2O6S/c1-13-12-15(8-9-17(13)27-11-10-26-3)29(24,25)22-21-20(23)19-14(2)16-6-4-5-7-18(16)28-19/h4-9,12,22H,10-11H2,1-3H3,(H,21,23). The van der Waals surface area contributed by atoms with Gasteiger partial charge in [0.25, 0.3) is 10.0 Å². The maximum atomic E-state index is 12.5. The Balaban J connectivity index is 1.71. The van der Waals surface area contributed by atoms with Crippen LogP contribution in [0.5, 0.6) is 5.75 Å². The molecule has 8 nitrogen and oxygen atoms in total. The number of benzene rings is 2. The van der Waals surface area contributed by atoms with E-state index in [0.717, 1.165) is 5.39 Å². The minimum Gasteiger partial charge on any atom is -0.491 e. The van der Waals surface area contributed by atoms with Gasteiger partial charge in [0.2, 0.25) is 0 Å². The van der Waals surface area contributed by atoms with E-state index < -0.39 is 15.9 Å². The largest absolute Gasteiger partial charge is 0.491 e. The Kier molecular flexibility index (Phi) is 6.21. The first-order valence-corrected chi connectivity index (χ1v) is 10.3. The van der Waals surface area contributed by atoms with Crippen LogP contribution in [0, 0.1) is 13.8 Å². The van der Waals surface area contributed by atoms with E-state index in [2.05, 4.69) is 10.3 Å². The smallest absolute Gasteiger partial charge is 0.302 e. The summed E-state index contributed by atoms with van der Waals surface area (Å²) in [7, 11) is -2.41. The molecule has 1 aromatic heterocycles. The van der Waals surface area contributed by atoms with Gasteiger partial charge in [-0.05, 0) is 43.7 Å². The highest BCUT2D eigenvalue weighted by atomic mass is 32.2. The second-order valence-electron chi connectivity index (χ2n) is 6.38. The van der Waals surface area contributed by atoms with Gasteiger partial charge >= 0.3 is 5.91 Å². The summed E-state index contributed by atoms with van der Waals surface area (Å²) in [6, 6.07) is 11.6. The lowest BCUT2D eigenvalue weighted by Crippen LogP contribution is -2.41. The van der Waals surface area contributed by atoms with Crippen molar-refractivity contribution in [1.29, 1.82) is 0 Å². The quantitative estimate of drug-likeness (QED) is 0.430. The molecule has 0 aliphatic rings. The highest BCUT2D eigenvalue weighted by molar-refractivity contribution is 7.89. The van der Waals surface area contributed by atoms with Gasteiger partial charge in [0.05, 0.1) is 11.5 Å². The number of amides is 1. The molecule has 2 N–H and O–H groups in total.